The van der Waals surface area contributed by atoms with Gasteiger partial charge >= 0.3 is 0 Å². The number of aromatic nitrogens is 3. The van der Waals surface area contributed by atoms with E-state index >= 15 is 0 Å². The highest BCUT2D eigenvalue weighted by Crippen LogP contribution is 2.25. The fourth-order valence-electron chi connectivity index (χ4n) is 2.66. The summed E-state index contributed by atoms with van der Waals surface area (Å²) in [4.78, 5) is 39.7. The summed E-state index contributed by atoms with van der Waals surface area (Å²) in [6.45, 7) is 5.16. The Balaban J connectivity index is 1.75. The Morgan fingerprint density at radius 3 is 2.44 bits per heavy atom. The van der Waals surface area contributed by atoms with Crippen LogP contribution in [0.1, 0.15) is 20.8 Å². The SMILES string of the molecule is CC(C)C(=O)Nc1ccccc1-c1nnc(SC(C)C(=O)Nc2cccc(F)c2)[nH]c1=O. The molecule has 0 saturated heterocycles. The number of thioether (sulfide) groups is 1. The molecule has 2 aromatic carbocycles. The van der Waals surface area contributed by atoms with E-state index in [0.717, 1.165) is 11.8 Å². The lowest BCUT2D eigenvalue weighted by atomic mass is 10.1. The number of carbonyl (C=O) groups excluding carboxylic acids is 2. The Labute approximate surface area is 188 Å². The highest BCUT2D eigenvalue weighted by Gasteiger charge is 2.19. The number of hydrogen-bond donors (Lipinski definition) is 3. The average Bonchev–Trinajstić information content (AvgIpc) is 2.74. The molecule has 8 nitrogen and oxygen atoms in total. The largest absolute Gasteiger partial charge is 0.325 e. The van der Waals surface area contributed by atoms with Crippen molar-refractivity contribution in [3.63, 3.8) is 0 Å². The van der Waals surface area contributed by atoms with E-state index < -0.39 is 16.6 Å². The van der Waals surface area contributed by atoms with Crippen LogP contribution >= 0.6 is 11.8 Å². The van der Waals surface area contributed by atoms with Crippen LogP contribution in [0.25, 0.3) is 11.3 Å². The highest BCUT2D eigenvalue weighted by atomic mass is 32.2. The first-order valence-electron chi connectivity index (χ1n) is 9.85. The Morgan fingerprint density at radius 1 is 1.00 bits per heavy atom. The number of aromatic amines is 1. The number of nitrogens with zero attached hydrogens (tertiary/aromatic N) is 2. The molecule has 0 fully saturated rings. The minimum absolute atomic E-state index is 0.0471. The lowest BCUT2D eigenvalue weighted by Gasteiger charge is -2.13. The molecule has 0 aliphatic rings. The molecule has 2 amide bonds. The van der Waals surface area contributed by atoms with Crippen molar-refractivity contribution in [3.8, 4) is 11.3 Å². The minimum atomic E-state index is -0.633. The predicted molar refractivity (Wildman–Crippen MR) is 122 cm³/mol. The summed E-state index contributed by atoms with van der Waals surface area (Å²) in [6, 6.07) is 12.4. The molecular weight excluding hydrogens is 433 g/mol. The van der Waals surface area contributed by atoms with E-state index in [-0.39, 0.29) is 28.6 Å². The maximum atomic E-state index is 13.3. The van der Waals surface area contributed by atoms with Gasteiger partial charge in [0.05, 0.1) is 10.9 Å². The van der Waals surface area contributed by atoms with Gasteiger partial charge < -0.3 is 10.6 Å². The molecule has 0 radical (unpaired) electrons. The minimum Gasteiger partial charge on any atom is -0.325 e. The fourth-order valence-corrected chi connectivity index (χ4v) is 3.40. The first kappa shape index (κ1) is 23.1. The van der Waals surface area contributed by atoms with Gasteiger partial charge in [-0.15, -0.1) is 10.2 Å². The third-order valence-corrected chi connectivity index (χ3v) is 5.37. The summed E-state index contributed by atoms with van der Waals surface area (Å²) in [5, 5.41) is 13.0. The van der Waals surface area contributed by atoms with Gasteiger partial charge in [0.15, 0.2) is 10.9 Å². The quantitative estimate of drug-likeness (QED) is 0.468. The number of hydrogen-bond acceptors (Lipinski definition) is 6. The molecule has 166 valence electrons. The van der Waals surface area contributed by atoms with Crippen molar-refractivity contribution in [1.29, 1.82) is 0 Å². The van der Waals surface area contributed by atoms with Crippen molar-refractivity contribution in [3.05, 3.63) is 64.7 Å². The zero-order valence-electron chi connectivity index (χ0n) is 17.7. The summed E-state index contributed by atoms with van der Waals surface area (Å²) in [7, 11) is 0. The van der Waals surface area contributed by atoms with Gasteiger partial charge in [0.2, 0.25) is 11.8 Å². The second-order valence-corrected chi connectivity index (χ2v) is 8.59. The molecule has 3 rings (SSSR count). The van der Waals surface area contributed by atoms with Crippen molar-refractivity contribution in [2.45, 2.75) is 31.2 Å². The number of rotatable bonds is 7. The molecule has 0 bridgehead atoms. The van der Waals surface area contributed by atoms with E-state index in [9.17, 15) is 18.8 Å². The highest BCUT2D eigenvalue weighted by molar-refractivity contribution is 8.00. The smallest absolute Gasteiger partial charge is 0.278 e. The zero-order chi connectivity index (χ0) is 23.3. The molecule has 3 aromatic rings. The van der Waals surface area contributed by atoms with Crippen molar-refractivity contribution in [2.75, 3.05) is 10.6 Å². The Hall–Kier alpha value is -3.53. The van der Waals surface area contributed by atoms with E-state index in [0.29, 0.717) is 16.9 Å². The summed E-state index contributed by atoms with van der Waals surface area (Å²) in [5.41, 5.74) is 0.757. The number of H-pyrrole nitrogens is 1. The number of nitrogens with one attached hydrogen (secondary N) is 3. The van der Waals surface area contributed by atoms with Crippen LogP contribution in [0.2, 0.25) is 0 Å². The van der Waals surface area contributed by atoms with Gasteiger partial charge in [-0.3, -0.25) is 19.4 Å². The van der Waals surface area contributed by atoms with Gasteiger partial charge in [0, 0.05) is 17.2 Å². The van der Waals surface area contributed by atoms with Crippen LogP contribution in [-0.4, -0.2) is 32.2 Å². The maximum Gasteiger partial charge on any atom is 0.278 e. The number of halogens is 1. The first-order valence-corrected chi connectivity index (χ1v) is 10.7. The summed E-state index contributed by atoms with van der Waals surface area (Å²) in [5.74, 6) is -1.26. The van der Waals surface area contributed by atoms with E-state index in [2.05, 4.69) is 25.8 Å². The van der Waals surface area contributed by atoms with Gasteiger partial charge in [0.1, 0.15) is 5.82 Å². The van der Waals surface area contributed by atoms with Crippen molar-refractivity contribution < 1.29 is 14.0 Å². The van der Waals surface area contributed by atoms with Crippen LogP contribution in [0, 0.1) is 11.7 Å². The summed E-state index contributed by atoms with van der Waals surface area (Å²) >= 11 is 1.01. The molecule has 0 saturated carbocycles. The second-order valence-electron chi connectivity index (χ2n) is 7.26. The van der Waals surface area contributed by atoms with E-state index in [1.807, 2.05) is 0 Å². The molecule has 0 aliphatic carbocycles. The van der Waals surface area contributed by atoms with Crippen molar-refractivity contribution in [2.24, 2.45) is 5.92 Å². The van der Waals surface area contributed by atoms with E-state index in [4.69, 9.17) is 0 Å². The Bertz CT molecular complexity index is 1200. The average molecular weight is 456 g/mol. The number of para-hydroxylation sites is 1. The summed E-state index contributed by atoms with van der Waals surface area (Å²) < 4.78 is 13.3. The van der Waals surface area contributed by atoms with E-state index in [1.165, 1.54) is 18.2 Å². The zero-order valence-corrected chi connectivity index (χ0v) is 18.5. The van der Waals surface area contributed by atoms with Gasteiger partial charge in [-0.1, -0.05) is 49.9 Å². The molecule has 0 spiro atoms. The fraction of sp³-hybridized carbons (Fsp3) is 0.227. The van der Waals surface area contributed by atoms with Crippen LogP contribution in [0.15, 0.2) is 58.5 Å². The van der Waals surface area contributed by atoms with Gasteiger partial charge in [-0.05, 0) is 31.2 Å². The third-order valence-electron chi connectivity index (χ3n) is 4.39. The first-order chi connectivity index (χ1) is 15.2. The van der Waals surface area contributed by atoms with Gasteiger partial charge in [-0.2, -0.15) is 0 Å². The lowest BCUT2D eigenvalue weighted by Crippen LogP contribution is -2.24. The second kappa shape index (κ2) is 10.2. The molecule has 32 heavy (non-hydrogen) atoms. The molecule has 0 aliphatic heterocycles. The van der Waals surface area contributed by atoms with Gasteiger partial charge in [-0.25, -0.2) is 4.39 Å². The third kappa shape index (κ3) is 5.79. The molecular formula is C22H22FN5O3S. The molecule has 1 heterocycles. The van der Waals surface area contributed by atoms with Crippen LogP contribution in [0.5, 0.6) is 0 Å². The van der Waals surface area contributed by atoms with Crippen molar-refractivity contribution >= 4 is 35.0 Å². The molecule has 3 N–H and O–H groups in total. The van der Waals surface area contributed by atoms with Crippen molar-refractivity contribution in [1.82, 2.24) is 15.2 Å². The van der Waals surface area contributed by atoms with Crippen LogP contribution in [0.4, 0.5) is 15.8 Å². The topological polar surface area (TPSA) is 117 Å². The van der Waals surface area contributed by atoms with Crippen LogP contribution in [0.3, 0.4) is 0 Å². The monoisotopic (exact) mass is 455 g/mol. The number of amides is 2. The normalized spacial score (nSPS) is 11.8. The molecule has 1 atom stereocenters. The number of anilines is 2. The lowest BCUT2D eigenvalue weighted by molar-refractivity contribution is -0.119. The number of benzene rings is 2. The van der Waals surface area contributed by atoms with E-state index in [1.54, 1.807) is 51.1 Å². The molecule has 1 unspecified atom stereocenters. The van der Waals surface area contributed by atoms with Crippen LogP contribution < -0.4 is 16.2 Å². The van der Waals surface area contributed by atoms with Gasteiger partial charge in [0.25, 0.3) is 5.56 Å². The predicted octanol–water partition coefficient (Wildman–Crippen LogP) is 3.68. The standard InChI is InChI=1S/C22H22FN5O3S/c1-12(2)19(29)25-17-10-5-4-9-16(17)18-21(31)26-22(28-27-18)32-13(3)20(30)24-15-8-6-7-14(23)11-15/h4-13H,1-3H3,(H,24,30)(H,25,29)(H,26,28,31). The number of carbonyl (C=O) groups is 2. The maximum absolute atomic E-state index is 13.3. The molecule has 10 heteroatoms. The summed E-state index contributed by atoms with van der Waals surface area (Å²) in [6.07, 6.45) is 0. The van der Waals surface area contributed by atoms with Crippen LogP contribution in [-0.2, 0) is 9.59 Å². The Morgan fingerprint density at radius 2 is 1.75 bits per heavy atom. The Kier molecular flexibility index (Phi) is 7.37. The molecule has 1 aromatic heterocycles.